The zero-order chi connectivity index (χ0) is 20.0. The van der Waals surface area contributed by atoms with Crippen LogP contribution >= 0.6 is 23.2 Å². The van der Waals surface area contributed by atoms with Crippen LogP contribution < -0.4 is 11.1 Å². The SMILES string of the molecule is Cc1[nH][nH]c(=O)c1C(c1ccc(-c2cccc(Cl)c2Cl)o1)c1c(C)[nH][nH]c1=O. The molecular weight excluding hydrogens is 403 g/mol. The Labute approximate surface area is 168 Å². The maximum Gasteiger partial charge on any atom is 0.268 e. The molecule has 7 nitrogen and oxygen atoms in total. The summed E-state index contributed by atoms with van der Waals surface area (Å²) in [6.45, 7) is 3.52. The number of rotatable bonds is 4. The van der Waals surface area contributed by atoms with Crippen molar-refractivity contribution in [1.82, 2.24) is 20.4 Å². The van der Waals surface area contributed by atoms with Crippen molar-refractivity contribution < 1.29 is 4.42 Å². The average Bonchev–Trinajstić information content (AvgIpc) is 3.35. The summed E-state index contributed by atoms with van der Waals surface area (Å²) >= 11 is 12.4. The molecule has 3 heterocycles. The molecule has 0 fully saturated rings. The minimum Gasteiger partial charge on any atom is -0.460 e. The van der Waals surface area contributed by atoms with Crippen molar-refractivity contribution in [3.8, 4) is 11.3 Å². The van der Waals surface area contributed by atoms with Crippen LogP contribution in [0.1, 0.15) is 34.2 Å². The van der Waals surface area contributed by atoms with Crippen LogP contribution in [0, 0.1) is 13.8 Å². The van der Waals surface area contributed by atoms with Gasteiger partial charge in [-0.1, -0.05) is 29.3 Å². The van der Waals surface area contributed by atoms with Gasteiger partial charge in [0.05, 0.1) is 27.1 Å². The van der Waals surface area contributed by atoms with Crippen LogP contribution in [0.15, 0.2) is 44.3 Å². The zero-order valence-corrected chi connectivity index (χ0v) is 16.5. The second-order valence-electron chi connectivity index (χ2n) is 6.47. The predicted octanol–water partition coefficient (Wildman–Crippen LogP) is 4.08. The molecule has 0 bridgehead atoms. The molecule has 0 aliphatic carbocycles. The first-order valence-corrected chi connectivity index (χ1v) is 9.22. The third kappa shape index (κ3) is 2.93. The second-order valence-corrected chi connectivity index (χ2v) is 7.26. The fourth-order valence-corrected chi connectivity index (χ4v) is 3.78. The molecule has 28 heavy (non-hydrogen) atoms. The fraction of sp³-hybridized carbons (Fsp3) is 0.158. The number of aryl methyl sites for hydroxylation is 2. The van der Waals surface area contributed by atoms with Gasteiger partial charge >= 0.3 is 0 Å². The number of benzene rings is 1. The van der Waals surface area contributed by atoms with Crippen LogP contribution in [0.4, 0.5) is 0 Å². The zero-order valence-electron chi connectivity index (χ0n) is 14.9. The number of furan rings is 1. The highest BCUT2D eigenvalue weighted by Gasteiger charge is 2.30. The minimum atomic E-state index is -0.697. The summed E-state index contributed by atoms with van der Waals surface area (Å²) < 4.78 is 6.06. The van der Waals surface area contributed by atoms with E-state index < -0.39 is 5.92 Å². The van der Waals surface area contributed by atoms with Crippen molar-refractivity contribution in [3.63, 3.8) is 0 Å². The van der Waals surface area contributed by atoms with E-state index in [0.29, 0.717) is 49.6 Å². The van der Waals surface area contributed by atoms with Crippen molar-refractivity contribution in [2.45, 2.75) is 19.8 Å². The molecular formula is C19H16Cl2N4O3. The molecule has 0 amide bonds. The highest BCUT2D eigenvalue weighted by molar-refractivity contribution is 6.43. The van der Waals surface area contributed by atoms with Gasteiger partial charge < -0.3 is 14.6 Å². The molecule has 4 aromatic rings. The number of aromatic nitrogens is 4. The monoisotopic (exact) mass is 418 g/mol. The fourth-order valence-electron chi connectivity index (χ4n) is 3.38. The van der Waals surface area contributed by atoms with Crippen LogP contribution in [0.3, 0.4) is 0 Å². The van der Waals surface area contributed by atoms with E-state index >= 15 is 0 Å². The van der Waals surface area contributed by atoms with Gasteiger partial charge in [0, 0.05) is 17.0 Å². The molecule has 0 aliphatic heterocycles. The largest absolute Gasteiger partial charge is 0.460 e. The molecule has 0 saturated heterocycles. The maximum atomic E-state index is 12.5. The molecule has 3 aromatic heterocycles. The Morgan fingerprint density at radius 2 is 1.46 bits per heavy atom. The first-order valence-electron chi connectivity index (χ1n) is 8.47. The number of H-pyrrole nitrogens is 4. The van der Waals surface area contributed by atoms with Crippen LogP contribution in [0.2, 0.25) is 10.0 Å². The third-order valence-corrected chi connectivity index (χ3v) is 5.55. The molecule has 0 spiro atoms. The highest BCUT2D eigenvalue weighted by atomic mass is 35.5. The van der Waals surface area contributed by atoms with Crippen molar-refractivity contribution in [2.24, 2.45) is 0 Å². The standard InChI is InChI=1S/C19H16Cl2N4O3/c1-8-14(18(26)24-22-8)16(15-9(2)23-25-19(15)27)13-7-6-12(28-13)10-4-3-5-11(20)17(10)21/h3-7,16H,1-2H3,(H2,22,24,26)(H2,23,25,27). The van der Waals surface area contributed by atoms with Gasteiger partial charge in [-0.2, -0.15) is 0 Å². The van der Waals surface area contributed by atoms with E-state index in [9.17, 15) is 9.59 Å². The van der Waals surface area contributed by atoms with Gasteiger partial charge in [-0.25, -0.2) is 0 Å². The second kappa shape index (κ2) is 6.92. The lowest BCUT2D eigenvalue weighted by atomic mass is 9.89. The Balaban J connectivity index is 1.92. The van der Waals surface area contributed by atoms with Gasteiger partial charge in [-0.3, -0.25) is 19.8 Å². The van der Waals surface area contributed by atoms with Crippen LogP contribution in [0.25, 0.3) is 11.3 Å². The number of aromatic amines is 4. The molecule has 0 aliphatic rings. The Morgan fingerprint density at radius 1 is 0.857 bits per heavy atom. The Kier molecular flexibility index (Phi) is 4.56. The van der Waals surface area contributed by atoms with E-state index in [1.165, 1.54) is 0 Å². The van der Waals surface area contributed by atoms with Crippen molar-refractivity contribution in [1.29, 1.82) is 0 Å². The highest BCUT2D eigenvalue weighted by Crippen LogP contribution is 2.38. The molecule has 0 saturated carbocycles. The van der Waals surface area contributed by atoms with Gasteiger partial charge in [-0.05, 0) is 38.1 Å². The molecule has 9 heteroatoms. The summed E-state index contributed by atoms with van der Waals surface area (Å²) in [5, 5.41) is 11.5. The normalized spacial score (nSPS) is 11.5. The van der Waals surface area contributed by atoms with Gasteiger partial charge in [0.15, 0.2) is 0 Å². The topological polar surface area (TPSA) is 110 Å². The Hall–Kier alpha value is -2.90. The summed E-state index contributed by atoms with van der Waals surface area (Å²) in [6.07, 6.45) is 0. The van der Waals surface area contributed by atoms with Gasteiger partial charge in [0.1, 0.15) is 11.5 Å². The van der Waals surface area contributed by atoms with Gasteiger partial charge in [-0.15, -0.1) is 0 Å². The maximum absolute atomic E-state index is 12.5. The molecule has 0 atom stereocenters. The smallest absolute Gasteiger partial charge is 0.268 e. The van der Waals surface area contributed by atoms with Gasteiger partial charge in [0.2, 0.25) is 0 Å². The molecule has 0 unspecified atom stereocenters. The molecule has 0 radical (unpaired) electrons. The van der Waals surface area contributed by atoms with E-state index in [0.717, 1.165) is 0 Å². The van der Waals surface area contributed by atoms with E-state index in [-0.39, 0.29) is 11.1 Å². The van der Waals surface area contributed by atoms with E-state index in [4.69, 9.17) is 27.6 Å². The van der Waals surface area contributed by atoms with Crippen molar-refractivity contribution >= 4 is 23.2 Å². The number of nitrogens with one attached hydrogen (secondary N) is 4. The first-order chi connectivity index (χ1) is 13.4. The Bertz CT molecular complexity index is 1220. The lowest BCUT2D eigenvalue weighted by Gasteiger charge is -2.12. The molecule has 1 aromatic carbocycles. The number of halogens is 2. The lowest BCUT2D eigenvalue weighted by Crippen LogP contribution is -2.19. The van der Waals surface area contributed by atoms with E-state index in [1.54, 1.807) is 44.2 Å². The van der Waals surface area contributed by atoms with E-state index in [2.05, 4.69) is 20.4 Å². The quantitative estimate of drug-likeness (QED) is 0.400. The van der Waals surface area contributed by atoms with Crippen molar-refractivity contribution in [3.05, 3.63) is 89.4 Å². The summed E-state index contributed by atoms with van der Waals surface area (Å²) in [5.74, 6) is 0.228. The summed E-state index contributed by atoms with van der Waals surface area (Å²) in [5.41, 5.74) is 2.04. The average molecular weight is 419 g/mol. The van der Waals surface area contributed by atoms with Gasteiger partial charge in [0.25, 0.3) is 11.1 Å². The predicted molar refractivity (Wildman–Crippen MR) is 107 cm³/mol. The number of hydrogen-bond acceptors (Lipinski definition) is 3. The third-order valence-electron chi connectivity index (χ3n) is 4.73. The molecule has 4 rings (SSSR count). The Morgan fingerprint density at radius 3 is 2.00 bits per heavy atom. The molecule has 144 valence electrons. The van der Waals surface area contributed by atoms with E-state index in [1.807, 2.05) is 0 Å². The first kappa shape index (κ1) is 18.5. The van der Waals surface area contributed by atoms with Crippen molar-refractivity contribution in [2.75, 3.05) is 0 Å². The van der Waals surface area contributed by atoms with Crippen LogP contribution in [-0.2, 0) is 0 Å². The molecule has 4 N–H and O–H groups in total. The minimum absolute atomic E-state index is 0.318. The summed E-state index contributed by atoms with van der Waals surface area (Å²) in [7, 11) is 0. The van der Waals surface area contributed by atoms with Crippen LogP contribution in [-0.4, -0.2) is 20.4 Å². The lowest BCUT2D eigenvalue weighted by molar-refractivity contribution is 0.513. The number of hydrogen-bond donors (Lipinski definition) is 4. The van der Waals surface area contributed by atoms with Crippen LogP contribution in [0.5, 0.6) is 0 Å². The summed E-state index contributed by atoms with van der Waals surface area (Å²) in [4.78, 5) is 24.9. The summed E-state index contributed by atoms with van der Waals surface area (Å²) in [6, 6.07) is 8.71.